The van der Waals surface area contributed by atoms with E-state index in [9.17, 15) is 0 Å². The number of amidine groups is 1. The first-order chi connectivity index (χ1) is 6.99. The zero-order valence-corrected chi connectivity index (χ0v) is 9.92. The highest BCUT2D eigenvalue weighted by molar-refractivity contribution is 6.14. The first-order valence-electron chi connectivity index (χ1n) is 6.08. The molecule has 1 aliphatic heterocycles. The van der Waals surface area contributed by atoms with E-state index >= 15 is 0 Å². The molecule has 3 heteroatoms. The van der Waals surface area contributed by atoms with E-state index in [0.717, 1.165) is 25.2 Å². The van der Waals surface area contributed by atoms with E-state index in [2.05, 4.69) is 11.8 Å². The topological polar surface area (TPSA) is 27.1 Å². The summed E-state index contributed by atoms with van der Waals surface area (Å²) in [6.07, 6.45) is 5.80. The second kappa shape index (κ2) is 3.84. The van der Waals surface area contributed by atoms with Crippen molar-refractivity contribution in [1.82, 2.24) is 4.90 Å². The fraction of sp³-hybridized carbons (Fsp3) is 0.917. The molecule has 2 nitrogen and oxygen atoms in total. The van der Waals surface area contributed by atoms with Crippen LogP contribution in [0.1, 0.15) is 39.0 Å². The van der Waals surface area contributed by atoms with Crippen LogP contribution in [0.3, 0.4) is 0 Å². The number of nitrogens with zero attached hydrogens (tertiary/aromatic N) is 1. The predicted octanol–water partition coefficient (Wildman–Crippen LogP) is 2.45. The number of hydrogen-bond donors (Lipinski definition) is 1. The van der Waals surface area contributed by atoms with Gasteiger partial charge in [-0.2, -0.15) is 0 Å². The van der Waals surface area contributed by atoms with Gasteiger partial charge in [0.1, 0.15) is 0 Å². The van der Waals surface area contributed by atoms with Gasteiger partial charge in [-0.3, -0.25) is 5.41 Å². The molecule has 2 fully saturated rings. The van der Waals surface area contributed by atoms with Crippen LogP contribution in [0.15, 0.2) is 0 Å². The van der Waals surface area contributed by atoms with Gasteiger partial charge in [-0.05, 0) is 18.8 Å². The van der Waals surface area contributed by atoms with Crippen molar-refractivity contribution in [3.8, 4) is 0 Å². The number of likely N-dealkylation sites (tertiary alicyclic amines) is 1. The minimum atomic E-state index is 0.00953. The second-order valence-electron chi connectivity index (χ2n) is 5.71. The van der Waals surface area contributed by atoms with Crippen LogP contribution in [0.2, 0.25) is 5.31 Å². The molecule has 1 N–H and O–H groups in total. The van der Waals surface area contributed by atoms with Gasteiger partial charge in [-0.1, -0.05) is 31.5 Å². The van der Waals surface area contributed by atoms with Crippen molar-refractivity contribution < 1.29 is 0 Å². The molecule has 0 aromatic carbocycles. The quantitative estimate of drug-likeness (QED) is 0.603. The lowest BCUT2D eigenvalue weighted by Crippen LogP contribution is -2.42. The predicted molar refractivity (Wildman–Crippen MR) is 64.5 cm³/mol. The van der Waals surface area contributed by atoms with Gasteiger partial charge in [0.05, 0.1) is 13.7 Å². The van der Waals surface area contributed by atoms with Gasteiger partial charge in [-0.15, -0.1) is 0 Å². The third-order valence-corrected chi connectivity index (χ3v) is 4.16. The fourth-order valence-corrected chi connectivity index (χ4v) is 3.23. The van der Waals surface area contributed by atoms with Crippen LogP contribution in [0.4, 0.5) is 0 Å². The van der Waals surface area contributed by atoms with E-state index in [-0.39, 0.29) is 5.31 Å². The summed E-state index contributed by atoms with van der Waals surface area (Å²) in [7, 11) is 8.33. The van der Waals surface area contributed by atoms with Gasteiger partial charge in [0.2, 0.25) is 0 Å². The Hall–Kier alpha value is -0.465. The minimum Gasteiger partial charge on any atom is -0.363 e. The Bertz CT molecular complexity index is 262. The van der Waals surface area contributed by atoms with Crippen molar-refractivity contribution in [1.29, 1.82) is 5.41 Å². The highest BCUT2D eigenvalue weighted by Gasteiger charge is 2.37. The third-order valence-electron chi connectivity index (χ3n) is 4.16. The van der Waals surface area contributed by atoms with E-state index in [1.54, 1.807) is 0 Å². The van der Waals surface area contributed by atoms with Crippen LogP contribution >= 0.6 is 0 Å². The maximum Gasteiger partial charge on any atom is 0.0989 e. The average Bonchev–Trinajstić information content (AvgIpc) is 2.30. The van der Waals surface area contributed by atoms with Crippen molar-refractivity contribution in [3.63, 3.8) is 0 Å². The molecule has 0 spiro atoms. The maximum atomic E-state index is 8.13. The van der Waals surface area contributed by atoms with Gasteiger partial charge in [-0.25, -0.2) is 0 Å². The van der Waals surface area contributed by atoms with Gasteiger partial charge in [0.25, 0.3) is 0 Å². The van der Waals surface area contributed by atoms with Crippen LogP contribution in [-0.2, 0) is 0 Å². The van der Waals surface area contributed by atoms with Crippen molar-refractivity contribution in [3.05, 3.63) is 0 Å². The van der Waals surface area contributed by atoms with Crippen molar-refractivity contribution >= 4 is 13.7 Å². The average molecular weight is 204 g/mol. The van der Waals surface area contributed by atoms with Crippen LogP contribution in [0.25, 0.3) is 0 Å². The van der Waals surface area contributed by atoms with Gasteiger partial charge in [0, 0.05) is 19.5 Å². The molecule has 3 unspecified atom stereocenters. The Kier molecular flexibility index (Phi) is 2.82. The van der Waals surface area contributed by atoms with Crippen LogP contribution in [0.5, 0.6) is 0 Å². The summed E-state index contributed by atoms with van der Waals surface area (Å²) in [6.45, 7) is 3.22. The number of piperidine rings is 1. The molecule has 1 heterocycles. The molecule has 0 aromatic rings. The second-order valence-corrected chi connectivity index (χ2v) is 5.71. The smallest absolute Gasteiger partial charge is 0.0989 e. The van der Waals surface area contributed by atoms with E-state index in [4.69, 9.17) is 13.3 Å². The first-order valence-corrected chi connectivity index (χ1v) is 6.08. The van der Waals surface area contributed by atoms with Crippen molar-refractivity contribution in [2.45, 2.75) is 44.3 Å². The molecule has 82 valence electrons. The molecule has 2 radical (unpaired) electrons. The van der Waals surface area contributed by atoms with E-state index in [1.807, 2.05) is 7.05 Å². The van der Waals surface area contributed by atoms with Crippen LogP contribution < -0.4 is 0 Å². The lowest BCUT2D eigenvalue weighted by molar-refractivity contribution is 0.253. The summed E-state index contributed by atoms with van der Waals surface area (Å²) in [6, 6.07) is 0. The van der Waals surface area contributed by atoms with E-state index < -0.39 is 0 Å². The van der Waals surface area contributed by atoms with Gasteiger partial charge < -0.3 is 4.90 Å². The zero-order valence-electron chi connectivity index (χ0n) is 9.92. The molecule has 1 saturated carbocycles. The summed E-state index contributed by atoms with van der Waals surface area (Å²) in [5, 5.41) is 8.14. The molecule has 2 aliphatic rings. The van der Waals surface area contributed by atoms with Crippen LogP contribution in [-0.4, -0.2) is 32.2 Å². The molecule has 15 heavy (non-hydrogen) atoms. The van der Waals surface area contributed by atoms with Crippen LogP contribution in [0, 0.1) is 17.2 Å². The molecular formula is C12H21BN2. The summed E-state index contributed by atoms with van der Waals surface area (Å²) in [5.41, 5.74) is 0. The van der Waals surface area contributed by atoms with Crippen molar-refractivity contribution in [2.75, 3.05) is 13.6 Å². The largest absolute Gasteiger partial charge is 0.363 e. The standard InChI is InChI=1S/C12H21BN2/c1-12(13)6-3-4-10-9(8-12)5-7-15(2)11(10)14/h9-10,14H,3-8H2,1-2H3. The number of nitrogens with one attached hydrogen (secondary N) is 1. The molecule has 1 saturated heterocycles. The van der Waals surface area contributed by atoms with E-state index in [0.29, 0.717) is 11.8 Å². The normalized spacial score (nSPS) is 42.3. The Morgan fingerprint density at radius 3 is 2.93 bits per heavy atom. The molecular weight excluding hydrogens is 183 g/mol. The lowest BCUT2D eigenvalue weighted by atomic mass is 9.62. The highest BCUT2D eigenvalue weighted by Crippen LogP contribution is 2.45. The molecule has 0 aromatic heterocycles. The number of fused-ring (bicyclic) bond motifs is 1. The zero-order chi connectivity index (χ0) is 11.1. The van der Waals surface area contributed by atoms with Crippen molar-refractivity contribution in [2.24, 2.45) is 11.8 Å². The Balaban J connectivity index is 2.13. The SMILES string of the molecule is [B]C1(C)CCCC2C(=N)N(C)CCC2C1. The first kappa shape index (κ1) is 11.0. The molecule has 1 aliphatic carbocycles. The van der Waals surface area contributed by atoms with Gasteiger partial charge in [0.15, 0.2) is 0 Å². The summed E-state index contributed by atoms with van der Waals surface area (Å²) < 4.78 is 0. The summed E-state index contributed by atoms with van der Waals surface area (Å²) in [4.78, 5) is 2.11. The molecule has 0 amide bonds. The Morgan fingerprint density at radius 2 is 2.20 bits per heavy atom. The number of rotatable bonds is 0. The Morgan fingerprint density at radius 1 is 1.47 bits per heavy atom. The minimum absolute atomic E-state index is 0.00953. The maximum absolute atomic E-state index is 8.13. The number of hydrogen-bond acceptors (Lipinski definition) is 1. The summed E-state index contributed by atoms with van der Waals surface area (Å²) in [5.74, 6) is 1.99. The highest BCUT2D eigenvalue weighted by atomic mass is 15.1. The molecule has 3 atom stereocenters. The third kappa shape index (κ3) is 2.21. The van der Waals surface area contributed by atoms with E-state index in [1.165, 1.54) is 19.3 Å². The fourth-order valence-electron chi connectivity index (χ4n) is 3.23. The summed E-state index contributed by atoms with van der Waals surface area (Å²) >= 11 is 0. The monoisotopic (exact) mass is 204 g/mol. The molecule has 0 bridgehead atoms. The Labute approximate surface area is 94.3 Å². The van der Waals surface area contributed by atoms with Gasteiger partial charge >= 0.3 is 0 Å². The lowest BCUT2D eigenvalue weighted by Gasteiger charge is -2.39. The molecule has 2 rings (SSSR count).